The van der Waals surface area contributed by atoms with E-state index < -0.39 is 35.4 Å². The second-order valence-corrected chi connectivity index (χ2v) is 6.39. The molecule has 6 nitrogen and oxygen atoms in total. The van der Waals surface area contributed by atoms with E-state index in [1.165, 1.54) is 43.3 Å². The summed E-state index contributed by atoms with van der Waals surface area (Å²) in [5.41, 5.74) is -1.16. The Labute approximate surface area is 163 Å². The number of ether oxygens (including phenoxy) is 2. The number of carbonyl (C=O) groups is 2. The summed E-state index contributed by atoms with van der Waals surface area (Å²) in [6.45, 7) is 1.30. The zero-order valence-electron chi connectivity index (χ0n) is 15.1. The van der Waals surface area contributed by atoms with Crippen LogP contribution in [0.5, 0.6) is 11.5 Å². The number of halogens is 4. The fraction of sp³-hybridized carbons (Fsp3) is 0.263. The molecule has 0 aliphatic carbocycles. The van der Waals surface area contributed by atoms with Crippen LogP contribution in [0.25, 0.3) is 0 Å². The zero-order valence-corrected chi connectivity index (χ0v) is 15.1. The normalized spacial score (nSPS) is 19.3. The first-order chi connectivity index (χ1) is 13.6. The molecular formula is C19H16F4N2O4. The summed E-state index contributed by atoms with van der Waals surface area (Å²) in [5.74, 6) is -1.26. The fourth-order valence-corrected chi connectivity index (χ4v) is 2.90. The molecule has 1 heterocycles. The lowest BCUT2D eigenvalue weighted by molar-refractivity contribution is -0.274. The molecule has 1 unspecified atom stereocenters. The van der Waals surface area contributed by atoms with Crippen molar-refractivity contribution in [3.8, 4) is 11.5 Å². The van der Waals surface area contributed by atoms with Gasteiger partial charge in [0.1, 0.15) is 29.5 Å². The molecule has 3 amide bonds. The van der Waals surface area contributed by atoms with Gasteiger partial charge in [-0.2, -0.15) is 0 Å². The average Bonchev–Trinajstić information content (AvgIpc) is 2.85. The highest BCUT2D eigenvalue weighted by Gasteiger charge is 2.48. The monoisotopic (exact) mass is 412 g/mol. The average molecular weight is 412 g/mol. The molecule has 10 heteroatoms. The zero-order chi connectivity index (χ0) is 21.2. The largest absolute Gasteiger partial charge is 0.573 e. The Hall–Kier alpha value is -3.30. The van der Waals surface area contributed by atoms with Crippen molar-refractivity contribution in [1.29, 1.82) is 0 Å². The number of hydrogen-bond donors (Lipinski definition) is 1. The molecule has 0 radical (unpaired) electrons. The lowest BCUT2D eigenvalue weighted by atomic mass is 9.92. The van der Waals surface area contributed by atoms with Gasteiger partial charge in [0.05, 0.1) is 6.54 Å². The van der Waals surface area contributed by atoms with Crippen molar-refractivity contribution in [3.05, 3.63) is 59.9 Å². The Bertz CT molecular complexity index is 917. The quantitative estimate of drug-likeness (QED) is 0.582. The minimum atomic E-state index is -4.83. The van der Waals surface area contributed by atoms with Crippen LogP contribution in [-0.2, 0) is 10.3 Å². The number of nitrogens with zero attached hydrogens (tertiary/aromatic N) is 1. The van der Waals surface area contributed by atoms with Crippen molar-refractivity contribution in [1.82, 2.24) is 10.2 Å². The molecule has 1 atom stereocenters. The smallest absolute Gasteiger partial charge is 0.492 e. The molecule has 1 aliphatic heterocycles. The standard InChI is InChI=1S/C19H16F4N2O4/c1-18(12-5-7-14(8-6-12)29-19(21,22)23)16(26)25(17(27)24-18)9-10-28-15-4-2-3-13(20)11-15/h2-8,11H,9-10H2,1H3,(H,24,27). The Kier molecular flexibility index (Phi) is 5.36. The molecule has 2 aromatic carbocycles. The highest BCUT2D eigenvalue weighted by Crippen LogP contribution is 2.31. The van der Waals surface area contributed by atoms with Gasteiger partial charge in [0.15, 0.2) is 0 Å². The topological polar surface area (TPSA) is 67.9 Å². The number of carbonyl (C=O) groups excluding carboxylic acids is 2. The minimum Gasteiger partial charge on any atom is -0.492 e. The number of hydrogen-bond acceptors (Lipinski definition) is 4. The number of nitrogens with one attached hydrogen (secondary N) is 1. The summed E-state index contributed by atoms with van der Waals surface area (Å²) in [7, 11) is 0. The lowest BCUT2D eigenvalue weighted by Crippen LogP contribution is -2.41. The molecule has 1 aliphatic rings. The Morgan fingerprint density at radius 2 is 1.76 bits per heavy atom. The van der Waals surface area contributed by atoms with Crippen LogP contribution in [0.15, 0.2) is 48.5 Å². The van der Waals surface area contributed by atoms with E-state index in [0.717, 1.165) is 17.0 Å². The molecule has 1 N–H and O–H groups in total. The first kappa shape index (κ1) is 20.4. The summed E-state index contributed by atoms with van der Waals surface area (Å²) in [5, 5.41) is 2.53. The summed E-state index contributed by atoms with van der Waals surface area (Å²) in [6, 6.07) is 9.40. The van der Waals surface area contributed by atoms with E-state index in [9.17, 15) is 27.2 Å². The third-order valence-electron chi connectivity index (χ3n) is 4.32. The van der Waals surface area contributed by atoms with E-state index in [-0.39, 0.29) is 18.9 Å². The van der Waals surface area contributed by atoms with E-state index in [2.05, 4.69) is 10.1 Å². The molecule has 1 saturated heterocycles. The Morgan fingerprint density at radius 1 is 1.07 bits per heavy atom. The molecule has 0 spiro atoms. The molecule has 29 heavy (non-hydrogen) atoms. The van der Waals surface area contributed by atoms with Crippen LogP contribution in [0.3, 0.4) is 0 Å². The van der Waals surface area contributed by atoms with Crippen LogP contribution >= 0.6 is 0 Å². The predicted molar refractivity (Wildman–Crippen MR) is 92.6 cm³/mol. The summed E-state index contributed by atoms with van der Waals surface area (Å²) >= 11 is 0. The van der Waals surface area contributed by atoms with Crippen molar-refractivity contribution < 1.29 is 36.6 Å². The van der Waals surface area contributed by atoms with Gasteiger partial charge >= 0.3 is 12.4 Å². The number of rotatable bonds is 6. The lowest BCUT2D eigenvalue weighted by Gasteiger charge is -2.22. The molecule has 0 saturated carbocycles. The molecule has 2 aromatic rings. The number of amides is 3. The maximum absolute atomic E-state index is 13.1. The minimum absolute atomic E-state index is 0.0585. The van der Waals surface area contributed by atoms with Crippen molar-refractivity contribution in [2.24, 2.45) is 0 Å². The Balaban J connectivity index is 1.66. The van der Waals surface area contributed by atoms with E-state index >= 15 is 0 Å². The van der Waals surface area contributed by atoms with Gasteiger partial charge in [-0.1, -0.05) is 18.2 Å². The number of imide groups is 1. The van der Waals surface area contributed by atoms with Crippen molar-refractivity contribution in [2.45, 2.75) is 18.8 Å². The Morgan fingerprint density at radius 3 is 2.38 bits per heavy atom. The summed E-state index contributed by atoms with van der Waals surface area (Å²) in [4.78, 5) is 25.9. The molecule has 0 bridgehead atoms. The van der Waals surface area contributed by atoms with Crippen molar-refractivity contribution in [2.75, 3.05) is 13.2 Å². The van der Waals surface area contributed by atoms with E-state index in [1.807, 2.05) is 0 Å². The first-order valence-corrected chi connectivity index (χ1v) is 8.47. The van der Waals surface area contributed by atoms with Crippen LogP contribution in [-0.4, -0.2) is 36.4 Å². The molecule has 0 aromatic heterocycles. The van der Waals surface area contributed by atoms with Crippen LogP contribution in [0.4, 0.5) is 22.4 Å². The van der Waals surface area contributed by atoms with Gasteiger partial charge in [0.25, 0.3) is 5.91 Å². The van der Waals surface area contributed by atoms with E-state index in [1.54, 1.807) is 0 Å². The molecular weight excluding hydrogens is 396 g/mol. The second-order valence-electron chi connectivity index (χ2n) is 6.39. The van der Waals surface area contributed by atoms with E-state index in [4.69, 9.17) is 4.74 Å². The second kappa shape index (κ2) is 7.61. The van der Waals surface area contributed by atoms with Crippen LogP contribution in [0.2, 0.25) is 0 Å². The predicted octanol–water partition coefficient (Wildman–Crippen LogP) is 3.57. The number of alkyl halides is 3. The highest BCUT2D eigenvalue weighted by molar-refractivity contribution is 6.07. The van der Waals surface area contributed by atoms with Crippen LogP contribution in [0.1, 0.15) is 12.5 Å². The fourth-order valence-electron chi connectivity index (χ4n) is 2.90. The van der Waals surface area contributed by atoms with Gasteiger partial charge in [0.2, 0.25) is 0 Å². The maximum atomic E-state index is 13.1. The number of urea groups is 1. The highest BCUT2D eigenvalue weighted by atomic mass is 19.4. The third kappa shape index (κ3) is 4.58. The first-order valence-electron chi connectivity index (χ1n) is 8.47. The van der Waals surface area contributed by atoms with Crippen molar-refractivity contribution in [3.63, 3.8) is 0 Å². The van der Waals surface area contributed by atoms with Gasteiger partial charge in [0, 0.05) is 6.07 Å². The van der Waals surface area contributed by atoms with Gasteiger partial charge in [-0.15, -0.1) is 13.2 Å². The van der Waals surface area contributed by atoms with Gasteiger partial charge in [-0.3, -0.25) is 9.69 Å². The molecule has 3 rings (SSSR count). The third-order valence-corrected chi connectivity index (χ3v) is 4.32. The summed E-state index contributed by atoms with van der Waals surface area (Å²) in [6.07, 6.45) is -4.83. The molecule has 1 fully saturated rings. The van der Waals surface area contributed by atoms with Gasteiger partial charge in [-0.25, -0.2) is 9.18 Å². The SMILES string of the molecule is CC1(c2ccc(OC(F)(F)F)cc2)NC(=O)N(CCOc2cccc(F)c2)C1=O. The number of benzene rings is 2. The van der Waals surface area contributed by atoms with Crippen LogP contribution in [0, 0.1) is 5.82 Å². The van der Waals surface area contributed by atoms with Gasteiger partial charge in [-0.05, 0) is 36.8 Å². The maximum Gasteiger partial charge on any atom is 0.573 e. The van der Waals surface area contributed by atoms with Crippen LogP contribution < -0.4 is 14.8 Å². The van der Waals surface area contributed by atoms with Gasteiger partial charge < -0.3 is 14.8 Å². The molecule has 154 valence electrons. The summed E-state index contributed by atoms with van der Waals surface area (Å²) < 4.78 is 59.1. The van der Waals surface area contributed by atoms with Crippen molar-refractivity contribution >= 4 is 11.9 Å². The van der Waals surface area contributed by atoms with E-state index in [0.29, 0.717) is 5.56 Å².